The lowest BCUT2D eigenvalue weighted by atomic mass is 9.95. The molecule has 0 aromatic heterocycles. The molecule has 0 saturated carbocycles. The number of hydrogen-bond acceptors (Lipinski definition) is 4. The molecule has 0 bridgehead atoms. The highest BCUT2D eigenvalue weighted by Crippen LogP contribution is 2.30. The Hall–Kier alpha value is -3.50. The highest BCUT2D eigenvalue weighted by atomic mass is 35.5. The maximum absolute atomic E-state index is 14.0. The molecule has 2 aromatic rings. The summed E-state index contributed by atoms with van der Waals surface area (Å²) in [5.41, 5.74) is 1.74. The lowest BCUT2D eigenvalue weighted by molar-refractivity contribution is -0.141. The van der Waals surface area contributed by atoms with Crippen LogP contribution in [-0.2, 0) is 14.3 Å². The smallest absolute Gasteiger partial charge is 0.408 e. The van der Waals surface area contributed by atoms with Gasteiger partial charge in [-0.05, 0) is 69.9 Å². The number of terminal acetylenes is 1. The maximum atomic E-state index is 14.0. The largest absolute Gasteiger partial charge is 0.444 e. The van der Waals surface area contributed by atoms with E-state index >= 15 is 0 Å². The molecule has 3 atom stereocenters. The third-order valence-corrected chi connectivity index (χ3v) is 6.51. The van der Waals surface area contributed by atoms with E-state index in [1.54, 1.807) is 64.1 Å². The van der Waals surface area contributed by atoms with Crippen LogP contribution in [0.25, 0.3) is 0 Å². The van der Waals surface area contributed by atoms with E-state index in [4.69, 9.17) is 22.8 Å². The first-order valence-electron chi connectivity index (χ1n) is 12.7. The van der Waals surface area contributed by atoms with Crippen LogP contribution in [0.3, 0.4) is 0 Å². The van der Waals surface area contributed by atoms with Crippen molar-refractivity contribution in [3.63, 3.8) is 0 Å². The van der Waals surface area contributed by atoms with Gasteiger partial charge in [0.15, 0.2) is 0 Å². The summed E-state index contributed by atoms with van der Waals surface area (Å²) in [5.74, 6) is 1.51. The van der Waals surface area contributed by atoms with Gasteiger partial charge < -0.3 is 20.3 Å². The highest BCUT2D eigenvalue weighted by molar-refractivity contribution is 6.34. The number of nitrogens with zero attached hydrogens (tertiary/aromatic N) is 1. The summed E-state index contributed by atoms with van der Waals surface area (Å²) in [4.78, 5) is 42.0. The lowest BCUT2D eigenvalue weighted by Crippen LogP contribution is -2.54. The predicted molar refractivity (Wildman–Crippen MR) is 152 cm³/mol. The van der Waals surface area contributed by atoms with E-state index < -0.39 is 35.6 Å². The first-order chi connectivity index (χ1) is 17.8. The highest BCUT2D eigenvalue weighted by Gasteiger charge is 2.37. The summed E-state index contributed by atoms with van der Waals surface area (Å²) in [6, 6.07) is 10.3. The fourth-order valence-corrected chi connectivity index (χ4v) is 4.25. The molecule has 2 rings (SSSR count). The van der Waals surface area contributed by atoms with Crippen LogP contribution in [-0.4, -0.2) is 41.0 Å². The van der Waals surface area contributed by atoms with Gasteiger partial charge in [-0.25, -0.2) is 4.79 Å². The molecule has 0 spiro atoms. The van der Waals surface area contributed by atoms with Crippen LogP contribution in [0.1, 0.15) is 70.7 Å². The van der Waals surface area contributed by atoms with Gasteiger partial charge in [-0.3, -0.25) is 9.59 Å². The van der Waals surface area contributed by atoms with Crippen LogP contribution >= 0.6 is 11.6 Å². The number of likely N-dealkylation sites (N-methyl/N-ethyl adjacent to an activating group) is 1. The number of amides is 3. The van der Waals surface area contributed by atoms with Gasteiger partial charge in [0.2, 0.25) is 5.91 Å². The molecule has 0 aliphatic heterocycles. The number of aryl methyl sites for hydroxylation is 1. The molecule has 0 heterocycles. The molecule has 0 radical (unpaired) electrons. The van der Waals surface area contributed by atoms with Crippen molar-refractivity contribution < 1.29 is 19.1 Å². The summed E-state index contributed by atoms with van der Waals surface area (Å²) >= 11 is 6.38. The Morgan fingerprint density at radius 3 is 2.24 bits per heavy atom. The summed E-state index contributed by atoms with van der Waals surface area (Å²) in [5, 5.41) is 6.04. The van der Waals surface area contributed by atoms with Gasteiger partial charge in [0, 0.05) is 12.1 Å². The quantitative estimate of drug-likeness (QED) is 0.377. The van der Waals surface area contributed by atoms with E-state index in [1.807, 2.05) is 26.8 Å². The van der Waals surface area contributed by atoms with Crippen molar-refractivity contribution in [1.29, 1.82) is 0 Å². The number of halogens is 1. The van der Waals surface area contributed by atoms with Crippen LogP contribution in [0.2, 0.25) is 5.02 Å². The SMILES string of the molecule is C#Cc1ccc(C(C(=O)Nc2c(C)cccc2Cl)N(CC)C(=O)C(NC(=O)OC(C)(C)C)C(C)CC)cc1. The van der Waals surface area contributed by atoms with Crippen LogP contribution in [0.15, 0.2) is 42.5 Å². The van der Waals surface area contributed by atoms with Gasteiger partial charge in [-0.1, -0.05) is 62.1 Å². The molecular weight excluding hydrogens is 502 g/mol. The topological polar surface area (TPSA) is 87.7 Å². The summed E-state index contributed by atoms with van der Waals surface area (Å²) in [7, 11) is 0. The Bertz CT molecular complexity index is 1160. The molecule has 204 valence electrons. The van der Waals surface area contributed by atoms with Crippen molar-refractivity contribution >= 4 is 35.2 Å². The van der Waals surface area contributed by atoms with E-state index in [0.29, 0.717) is 28.3 Å². The van der Waals surface area contributed by atoms with Crippen LogP contribution in [0, 0.1) is 25.2 Å². The molecule has 3 unspecified atom stereocenters. The molecule has 0 aliphatic rings. The first kappa shape index (κ1) is 30.7. The van der Waals surface area contributed by atoms with E-state index in [2.05, 4.69) is 16.6 Å². The lowest BCUT2D eigenvalue weighted by Gasteiger charge is -2.35. The minimum absolute atomic E-state index is 0.207. The molecule has 0 aliphatic carbocycles. The average Bonchev–Trinajstić information content (AvgIpc) is 2.86. The van der Waals surface area contributed by atoms with Crippen molar-refractivity contribution in [2.24, 2.45) is 5.92 Å². The fraction of sp³-hybridized carbons (Fsp3) is 0.433. The van der Waals surface area contributed by atoms with Gasteiger partial charge in [-0.15, -0.1) is 6.42 Å². The number of carbonyl (C=O) groups excluding carboxylic acids is 3. The summed E-state index contributed by atoms with van der Waals surface area (Å²) in [6.45, 7) is 12.9. The second kappa shape index (κ2) is 13.3. The standard InChI is InChI=1S/C30H38ClN3O4/c1-9-19(4)25(33-29(37)38-30(6,7)8)28(36)34(11-3)26(22-17-15-21(10-2)16-18-22)27(35)32-24-20(5)13-12-14-23(24)31/h2,12-19,25-26H,9,11H2,1,3-8H3,(H,32,35)(H,33,37). The minimum Gasteiger partial charge on any atom is -0.444 e. The predicted octanol–water partition coefficient (Wildman–Crippen LogP) is 6.10. The van der Waals surface area contributed by atoms with Crippen LogP contribution in [0.5, 0.6) is 0 Å². The number of anilines is 1. The average molecular weight is 540 g/mol. The molecule has 8 heteroatoms. The minimum atomic E-state index is -1.01. The van der Waals surface area contributed by atoms with Crippen LogP contribution < -0.4 is 10.6 Å². The third-order valence-electron chi connectivity index (χ3n) is 6.20. The number of nitrogens with one attached hydrogen (secondary N) is 2. The molecule has 38 heavy (non-hydrogen) atoms. The zero-order valence-electron chi connectivity index (χ0n) is 23.2. The molecule has 7 nitrogen and oxygen atoms in total. The number of carbonyl (C=O) groups is 3. The maximum Gasteiger partial charge on any atom is 0.408 e. The Balaban J connectivity index is 2.53. The second-order valence-electron chi connectivity index (χ2n) is 10.2. The second-order valence-corrected chi connectivity index (χ2v) is 10.6. The van der Waals surface area contributed by atoms with E-state index in [1.165, 1.54) is 4.90 Å². The number of hydrogen-bond donors (Lipinski definition) is 2. The van der Waals surface area contributed by atoms with Gasteiger partial charge in [-0.2, -0.15) is 0 Å². The van der Waals surface area contributed by atoms with Crippen LogP contribution in [0.4, 0.5) is 10.5 Å². The number of ether oxygens (including phenoxy) is 1. The number of para-hydroxylation sites is 1. The Morgan fingerprint density at radius 2 is 1.74 bits per heavy atom. The third kappa shape index (κ3) is 8.00. The molecule has 2 aromatic carbocycles. The summed E-state index contributed by atoms with van der Waals surface area (Å²) < 4.78 is 5.42. The van der Waals surface area contributed by atoms with Crippen molar-refractivity contribution in [2.45, 2.75) is 72.6 Å². The fourth-order valence-electron chi connectivity index (χ4n) is 3.98. The van der Waals surface area contributed by atoms with Gasteiger partial charge in [0.1, 0.15) is 17.7 Å². The zero-order chi connectivity index (χ0) is 28.6. The first-order valence-corrected chi connectivity index (χ1v) is 13.1. The van der Waals surface area contributed by atoms with Crippen molar-refractivity contribution in [3.05, 3.63) is 64.2 Å². The normalized spacial score (nSPS) is 13.4. The number of alkyl carbamates (subject to hydrolysis) is 1. The van der Waals surface area contributed by atoms with E-state index in [9.17, 15) is 14.4 Å². The monoisotopic (exact) mass is 539 g/mol. The molecular formula is C30H38ClN3O4. The zero-order valence-corrected chi connectivity index (χ0v) is 24.0. The van der Waals surface area contributed by atoms with Gasteiger partial charge >= 0.3 is 6.09 Å². The van der Waals surface area contributed by atoms with Crippen molar-refractivity contribution in [3.8, 4) is 12.3 Å². The number of rotatable bonds is 9. The van der Waals surface area contributed by atoms with E-state index in [-0.39, 0.29) is 12.5 Å². The number of benzene rings is 2. The summed E-state index contributed by atoms with van der Waals surface area (Å²) in [6.07, 6.45) is 5.45. The Kier molecular flexibility index (Phi) is 10.8. The van der Waals surface area contributed by atoms with Gasteiger partial charge in [0.25, 0.3) is 5.91 Å². The van der Waals surface area contributed by atoms with Gasteiger partial charge in [0.05, 0.1) is 10.7 Å². The molecule has 3 amide bonds. The Morgan fingerprint density at radius 1 is 1.11 bits per heavy atom. The molecule has 2 N–H and O–H groups in total. The Labute approximate surface area is 231 Å². The molecule has 0 saturated heterocycles. The van der Waals surface area contributed by atoms with E-state index in [0.717, 1.165) is 5.56 Å². The van der Waals surface area contributed by atoms with Crippen molar-refractivity contribution in [1.82, 2.24) is 10.2 Å². The van der Waals surface area contributed by atoms with Crippen molar-refractivity contribution in [2.75, 3.05) is 11.9 Å². The molecule has 0 fully saturated rings.